The number of anilines is 1. The third kappa shape index (κ3) is 5.24. The molecule has 162 valence electrons. The first-order valence-electron chi connectivity index (χ1n) is 9.92. The maximum Gasteiger partial charge on any atom is 0.264 e. The lowest BCUT2D eigenvalue weighted by molar-refractivity contribution is 0.0947. The zero-order chi connectivity index (χ0) is 22.4. The number of aryl methyl sites for hydroxylation is 2. The third-order valence-corrected chi connectivity index (χ3v) is 6.65. The number of amides is 1. The highest BCUT2D eigenvalue weighted by Crippen LogP contribution is 2.25. The summed E-state index contributed by atoms with van der Waals surface area (Å²) in [5, 5.41) is 2.80. The van der Waals surface area contributed by atoms with Gasteiger partial charge in [-0.1, -0.05) is 48.0 Å². The Kier molecular flexibility index (Phi) is 6.97. The average molecular weight is 439 g/mol. The minimum atomic E-state index is -3.79. The SMILES string of the molecule is Cc1ccc(OCCNC(=O)c2ccccc2N(C)S(=O)(=O)c2ccccc2)c(C)c1. The van der Waals surface area contributed by atoms with Crippen LogP contribution in [0, 0.1) is 13.8 Å². The van der Waals surface area contributed by atoms with E-state index >= 15 is 0 Å². The molecule has 3 rings (SSSR count). The molecular formula is C24H26N2O4S. The molecule has 0 saturated carbocycles. The number of sulfonamides is 1. The Balaban J connectivity index is 1.68. The van der Waals surface area contributed by atoms with Crippen LogP contribution in [0.3, 0.4) is 0 Å². The Morgan fingerprint density at radius 2 is 1.65 bits per heavy atom. The molecule has 0 heterocycles. The van der Waals surface area contributed by atoms with Gasteiger partial charge in [-0.2, -0.15) is 0 Å². The van der Waals surface area contributed by atoms with Gasteiger partial charge in [0.15, 0.2) is 0 Å². The predicted octanol–water partition coefficient (Wildman–Crippen LogP) is 3.94. The van der Waals surface area contributed by atoms with Gasteiger partial charge in [-0.05, 0) is 49.7 Å². The molecule has 1 N–H and O–H groups in total. The van der Waals surface area contributed by atoms with E-state index in [1.165, 1.54) is 19.2 Å². The highest BCUT2D eigenvalue weighted by Gasteiger charge is 2.24. The normalized spacial score (nSPS) is 11.1. The van der Waals surface area contributed by atoms with Gasteiger partial charge in [-0.25, -0.2) is 8.42 Å². The second kappa shape index (κ2) is 9.66. The first kappa shape index (κ1) is 22.4. The summed E-state index contributed by atoms with van der Waals surface area (Å²) in [5.74, 6) is 0.406. The number of benzene rings is 3. The summed E-state index contributed by atoms with van der Waals surface area (Å²) >= 11 is 0. The number of hydrogen-bond donors (Lipinski definition) is 1. The van der Waals surface area contributed by atoms with Crippen molar-refractivity contribution in [1.82, 2.24) is 5.32 Å². The minimum Gasteiger partial charge on any atom is -0.491 e. The van der Waals surface area contributed by atoms with Crippen molar-refractivity contribution in [2.24, 2.45) is 0 Å². The fourth-order valence-electron chi connectivity index (χ4n) is 3.20. The molecule has 31 heavy (non-hydrogen) atoms. The zero-order valence-electron chi connectivity index (χ0n) is 17.8. The predicted molar refractivity (Wildman–Crippen MR) is 122 cm³/mol. The quantitative estimate of drug-likeness (QED) is 0.541. The molecule has 0 radical (unpaired) electrons. The van der Waals surface area contributed by atoms with Crippen molar-refractivity contribution < 1.29 is 17.9 Å². The zero-order valence-corrected chi connectivity index (χ0v) is 18.6. The van der Waals surface area contributed by atoms with Crippen LogP contribution in [0.25, 0.3) is 0 Å². The Bertz CT molecular complexity index is 1160. The molecule has 3 aromatic carbocycles. The lowest BCUT2D eigenvalue weighted by atomic mass is 10.1. The van der Waals surface area contributed by atoms with E-state index in [-0.39, 0.29) is 22.9 Å². The number of carbonyl (C=O) groups is 1. The van der Waals surface area contributed by atoms with Crippen LogP contribution in [-0.2, 0) is 10.0 Å². The highest BCUT2D eigenvalue weighted by molar-refractivity contribution is 7.92. The monoisotopic (exact) mass is 438 g/mol. The number of nitrogens with one attached hydrogen (secondary N) is 1. The minimum absolute atomic E-state index is 0.162. The van der Waals surface area contributed by atoms with Crippen LogP contribution in [0.15, 0.2) is 77.7 Å². The average Bonchev–Trinajstić information content (AvgIpc) is 2.77. The molecular weight excluding hydrogens is 412 g/mol. The summed E-state index contributed by atoms with van der Waals surface area (Å²) in [5.41, 5.74) is 2.77. The van der Waals surface area contributed by atoms with Gasteiger partial charge >= 0.3 is 0 Å². The fraction of sp³-hybridized carbons (Fsp3) is 0.208. The van der Waals surface area contributed by atoms with Crippen molar-refractivity contribution in [2.75, 3.05) is 24.5 Å². The van der Waals surface area contributed by atoms with Crippen LogP contribution in [0.5, 0.6) is 5.75 Å². The van der Waals surface area contributed by atoms with Crippen molar-refractivity contribution in [3.63, 3.8) is 0 Å². The van der Waals surface area contributed by atoms with Gasteiger partial charge in [-0.15, -0.1) is 0 Å². The molecule has 0 unspecified atom stereocenters. The van der Waals surface area contributed by atoms with Crippen LogP contribution >= 0.6 is 0 Å². The van der Waals surface area contributed by atoms with E-state index in [1.807, 2.05) is 32.0 Å². The highest BCUT2D eigenvalue weighted by atomic mass is 32.2. The van der Waals surface area contributed by atoms with Crippen molar-refractivity contribution in [1.29, 1.82) is 0 Å². The van der Waals surface area contributed by atoms with Gasteiger partial charge < -0.3 is 10.1 Å². The van der Waals surface area contributed by atoms with Crippen LogP contribution in [0.1, 0.15) is 21.5 Å². The van der Waals surface area contributed by atoms with Crippen molar-refractivity contribution in [3.8, 4) is 5.75 Å². The Morgan fingerprint density at radius 3 is 2.35 bits per heavy atom. The molecule has 0 spiro atoms. The Hall–Kier alpha value is -3.32. The van der Waals surface area contributed by atoms with E-state index in [0.29, 0.717) is 12.3 Å². The molecule has 3 aromatic rings. The van der Waals surface area contributed by atoms with E-state index in [1.54, 1.807) is 42.5 Å². The molecule has 0 aliphatic heterocycles. The molecule has 0 aromatic heterocycles. The number of nitrogens with zero attached hydrogens (tertiary/aromatic N) is 1. The number of hydrogen-bond acceptors (Lipinski definition) is 4. The van der Waals surface area contributed by atoms with Crippen molar-refractivity contribution in [3.05, 3.63) is 89.5 Å². The van der Waals surface area contributed by atoms with Gasteiger partial charge in [0.05, 0.1) is 22.7 Å². The van der Waals surface area contributed by atoms with Crippen molar-refractivity contribution >= 4 is 21.6 Å². The second-order valence-electron chi connectivity index (χ2n) is 7.18. The topological polar surface area (TPSA) is 75.7 Å². The van der Waals surface area contributed by atoms with Crippen LogP contribution < -0.4 is 14.4 Å². The summed E-state index contributed by atoms with van der Waals surface area (Å²) in [6.07, 6.45) is 0. The first-order valence-corrected chi connectivity index (χ1v) is 11.4. The molecule has 0 aliphatic carbocycles. The lowest BCUT2D eigenvalue weighted by Crippen LogP contribution is -2.32. The van der Waals surface area contributed by atoms with Crippen LogP contribution in [0.4, 0.5) is 5.69 Å². The fourth-order valence-corrected chi connectivity index (χ4v) is 4.44. The summed E-state index contributed by atoms with van der Waals surface area (Å²) in [6, 6.07) is 20.7. The lowest BCUT2D eigenvalue weighted by Gasteiger charge is -2.22. The molecule has 0 saturated heterocycles. The smallest absolute Gasteiger partial charge is 0.264 e. The third-order valence-electron chi connectivity index (χ3n) is 4.87. The van der Waals surface area contributed by atoms with E-state index in [4.69, 9.17) is 4.74 Å². The van der Waals surface area contributed by atoms with E-state index in [0.717, 1.165) is 21.2 Å². The van der Waals surface area contributed by atoms with Gasteiger partial charge in [0.25, 0.3) is 15.9 Å². The van der Waals surface area contributed by atoms with E-state index in [9.17, 15) is 13.2 Å². The summed E-state index contributed by atoms with van der Waals surface area (Å²) in [4.78, 5) is 12.9. The molecule has 0 bridgehead atoms. The summed E-state index contributed by atoms with van der Waals surface area (Å²) in [6.45, 7) is 4.58. The summed E-state index contributed by atoms with van der Waals surface area (Å²) < 4.78 is 32.8. The molecule has 6 nitrogen and oxygen atoms in total. The molecule has 0 fully saturated rings. The Labute approximate surface area is 183 Å². The maximum absolute atomic E-state index is 13.0. The second-order valence-corrected chi connectivity index (χ2v) is 9.15. The standard InChI is InChI=1S/C24H26N2O4S/c1-18-13-14-23(19(2)17-18)30-16-15-25-24(27)21-11-7-8-12-22(21)26(3)31(28,29)20-9-5-4-6-10-20/h4-14,17H,15-16H2,1-3H3,(H,25,27). The number of rotatable bonds is 8. The van der Waals surface area contributed by atoms with E-state index < -0.39 is 10.0 Å². The Morgan fingerprint density at radius 1 is 0.968 bits per heavy atom. The largest absolute Gasteiger partial charge is 0.491 e. The van der Waals surface area contributed by atoms with E-state index in [2.05, 4.69) is 5.32 Å². The first-order chi connectivity index (χ1) is 14.8. The van der Waals surface area contributed by atoms with Gasteiger partial charge in [-0.3, -0.25) is 9.10 Å². The van der Waals surface area contributed by atoms with Crippen LogP contribution in [-0.4, -0.2) is 34.5 Å². The number of para-hydroxylation sites is 1. The molecule has 0 atom stereocenters. The van der Waals surface area contributed by atoms with Crippen LogP contribution in [0.2, 0.25) is 0 Å². The maximum atomic E-state index is 13.0. The van der Waals surface area contributed by atoms with Gasteiger partial charge in [0.2, 0.25) is 0 Å². The molecule has 0 aliphatic rings. The molecule has 7 heteroatoms. The number of ether oxygens (including phenoxy) is 1. The van der Waals surface area contributed by atoms with Gasteiger partial charge in [0.1, 0.15) is 12.4 Å². The van der Waals surface area contributed by atoms with Gasteiger partial charge in [0, 0.05) is 7.05 Å². The number of carbonyl (C=O) groups excluding carboxylic acids is 1. The summed E-state index contributed by atoms with van der Waals surface area (Å²) in [7, 11) is -2.35. The molecule has 1 amide bonds. The van der Waals surface area contributed by atoms with Crippen molar-refractivity contribution in [2.45, 2.75) is 18.7 Å².